The molecule has 0 saturated heterocycles. The number of benzene rings is 3. The summed E-state index contributed by atoms with van der Waals surface area (Å²) < 4.78 is 0. The second kappa shape index (κ2) is 10.2. The number of phenols is 2. The Morgan fingerprint density at radius 3 is 1.17 bits per heavy atom. The average molecular weight is 485 g/mol. The van der Waals surface area contributed by atoms with Crippen LogP contribution in [0.15, 0.2) is 48.5 Å². The van der Waals surface area contributed by atoms with E-state index < -0.39 is 0 Å². The van der Waals surface area contributed by atoms with E-state index in [0.717, 1.165) is 22.3 Å². The van der Waals surface area contributed by atoms with Crippen LogP contribution in [0.25, 0.3) is 12.2 Å². The zero-order valence-electron chi connectivity index (χ0n) is 23.8. The van der Waals surface area contributed by atoms with Gasteiger partial charge in [-0.1, -0.05) is 104 Å². The van der Waals surface area contributed by atoms with Gasteiger partial charge in [-0.15, -0.1) is 0 Å². The number of rotatable bonds is 4. The molecule has 2 heteroatoms. The van der Waals surface area contributed by atoms with Gasteiger partial charge in [-0.3, -0.25) is 0 Å². The second-order valence-electron chi connectivity index (χ2n) is 12.5. The minimum atomic E-state index is -0.107. The first-order valence-corrected chi connectivity index (χ1v) is 13.1. The molecule has 2 nitrogen and oxygen atoms in total. The summed E-state index contributed by atoms with van der Waals surface area (Å²) >= 11 is 0. The van der Waals surface area contributed by atoms with Gasteiger partial charge >= 0.3 is 0 Å². The summed E-state index contributed by atoms with van der Waals surface area (Å²) in [7, 11) is 0. The fraction of sp³-hybridized carbons (Fsp3) is 0.412. The van der Waals surface area contributed by atoms with Gasteiger partial charge in [0.25, 0.3) is 0 Å². The Bertz CT molecular complexity index is 1230. The standard InChI is InChI=1S/C34H44O2/c1-21(27-19-29(33(5,6)7)31(35)17-23(27)3)15-25-11-13-26(14-12-25)16-22(2)28-20-30(34(8,9)10)32(36)18-24(28)4/h11-22,35-36H,1-10H3. The van der Waals surface area contributed by atoms with Crippen LogP contribution in [-0.2, 0) is 10.8 Å². The van der Waals surface area contributed by atoms with Crippen molar-refractivity contribution in [2.45, 2.75) is 91.9 Å². The number of hydrogen-bond donors (Lipinski definition) is 2. The molecular weight excluding hydrogens is 440 g/mol. The Kier molecular flexibility index (Phi) is 7.79. The van der Waals surface area contributed by atoms with Crippen molar-refractivity contribution in [2.24, 2.45) is 0 Å². The molecule has 0 saturated carbocycles. The molecule has 0 heterocycles. The predicted molar refractivity (Wildman–Crippen MR) is 155 cm³/mol. The summed E-state index contributed by atoms with van der Waals surface area (Å²) in [6, 6.07) is 16.9. The molecule has 0 aliphatic carbocycles. The van der Waals surface area contributed by atoms with Crippen LogP contribution in [0.5, 0.6) is 11.5 Å². The smallest absolute Gasteiger partial charge is 0.119 e. The van der Waals surface area contributed by atoms with E-state index in [1.807, 2.05) is 12.1 Å². The zero-order chi connectivity index (χ0) is 27.0. The molecule has 2 unspecified atom stereocenters. The molecule has 36 heavy (non-hydrogen) atoms. The van der Waals surface area contributed by atoms with Gasteiger partial charge in [0.2, 0.25) is 0 Å². The van der Waals surface area contributed by atoms with E-state index in [9.17, 15) is 10.2 Å². The van der Waals surface area contributed by atoms with E-state index >= 15 is 0 Å². The third kappa shape index (κ3) is 6.22. The van der Waals surface area contributed by atoms with Crippen molar-refractivity contribution < 1.29 is 10.2 Å². The summed E-state index contributed by atoms with van der Waals surface area (Å²) in [5.74, 6) is 1.22. The molecule has 0 amide bonds. The maximum Gasteiger partial charge on any atom is 0.119 e. The van der Waals surface area contributed by atoms with Crippen molar-refractivity contribution in [1.82, 2.24) is 0 Å². The van der Waals surface area contributed by atoms with Gasteiger partial charge in [-0.25, -0.2) is 0 Å². The highest BCUT2D eigenvalue weighted by Gasteiger charge is 2.22. The van der Waals surface area contributed by atoms with Crippen LogP contribution < -0.4 is 10.4 Å². The highest BCUT2D eigenvalue weighted by Crippen LogP contribution is 2.36. The maximum absolute atomic E-state index is 10.5. The zero-order valence-corrected chi connectivity index (χ0v) is 23.8. The molecular formula is C34H44O2. The molecule has 0 radical (unpaired) electrons. The number of phenolic OH excluding ortho intramolecular Hbond substituents is 2. The van der Waals surface area contributed by atoms with Crippen molar-refractivity contribution in [3.05, 3.63) is 92.3 Å². The van der Waals surface area contributed by atoms with Gasteiger partial charge < -0.3 is 10.2 Å². The summed E-state index contributed by atoms with van der Waals surface area (Å²) in [6.45, 7) is 21.4. The van der Waals surface area contributed by atoms with Crippen molar-refractivity contribution in [3.63, 3.8) is 0 Å². The molecule has 0 aliphatic rings. The van der Waals surface area contributed by atoms with E-state index in [0.29, 0.717) is 11.5 Å². The van der Waals surface area contributed by atoms with Gasteiger partial charge in [0, 0.05) is 11.8 Å². The van der Waals surface area contributed by atoms with Gasteiger partial charge in [-0.05, 0) is 80.6 Å². The van der Waals surface area contributed by atoms with Crippen LogP contribution in [0.4, 0.5) is 0 Å². The molecule has 0 spiro atoms. The lowest BCUT2D eigenvalue weighted by atomic mass is 9.82. The third-order valence-corrected chi connectivity index (χ3v) is 7.19. The van der Waals surface area contributed by atoms with E-state index in [4.69, 9.17) is 0 Å². The Morgan fingerprint density at radius 1 is 0.583 bits per heavy atom. The Morgan fingerprint density at radius 2 is 0.889 bits per heavy atom. The molecule has 2 atom stereocenters. The molecule has 0 bridgehead atoms. The highest BCUT2D eigenvalue weighted by atomic mass is 16.3. The molecule has 3 aromatic rings. The second-order valence-corrected chi connectivity index (χ2v) is 12.5. The largest absolute Gasteiger partial charge is 0.508 e. The van der Waals surface area contributed by atoms with Crippen LogP contribution >= 0.6 is 0 Å². The van der Waals surface area contributed by atoms with Gasteiger partial charge in [0.1, 0.15) is 11.5 Å². The summed E-state index contributed by atoms with van der Waals surface area (Å²) in [5, 5.41) is 23.3. The first-order chi connectivity index (χ1) is 16.6. The molecule has 3 rings (SSSR count). The SMILES string of the molecule is Cc1cc(O)c(C(C)(C)C)cc1C(C)C=c1ccc(=CC(C)c2cc(C(C)(C)C)c(O)cc2C)cc1. The Labute approximate surface area is 218 Å². The van der Waals surface area contributed by atoms with Crippen LogP contribution in [0.1, 0.15) is 101 Å². The van der Waals surface area contributed by atoms with Crippen molar-refractivity contribution in [3.8, 4) is 11.5 Å². The molecule has 0 aliphatic heterocycles. The van der Waals surface area contributed by atoms with Crippen LogP contribution in [0, 0.1) is 13.8 Å². The number of aryl methyl sites for hydroxylation is 2. The number of aromatic hydroxyl groups is 2. The van der Waals surface area contributed by atoms with Crippen LogP contribution in [0.2, 0.25) is 0 Å². The van der Waals surface area contributed by atoms with Crippen molar-refractivity contribution in [2.75, 3.05) is 0 Å². The minimum absolute atomic E-state index is 0.107. The fourth-order valence-electron chi connectivity index (χ4n) is 5.08. The van der Waals surface area contributed by atoms with E-state index in [1.165, 1.54) is 21.6 Å². The molecule has 3 aromatic carbocycles. The normalized spacial score (nSPS) is 13.8. The molecule has 2 N–H and O–H groups in total. The van der Waals surface area contributed by atoms with Crippen LogP contribution in [0.3, 0.4) is 0 Å². The van der Waals surface area contributed by atoms with E-state index in [1.54, 1.807) is 0 Å². The van der Waals surface area contributed by atoms with E-state index in [2.05, 4.69) is 118 Å². The van der Waals surface area contributed by atoms with Gasteiger partial charge in [0.15, 0.2) is 0 Å². The van der Waals surface area contributed by atoms with Gasteiger partial charge in [0.05, 0.1) is 0 Å². The summed E-state index contributed by atoms with van der Waals surface area (Å²) in [4.78, 5) is 0. The first kappa shape index (κ1) is 27.6. The monoisotopic (exact) mass is 484 g/mol. The Hall–Kier alpha value is -3.00. The lowest BCUT2D eigenvalue weighted by Crippen LogP contribution is -2.14. The minimum Gasteiger partial charge on any atom is -0.508 e. The fourth-order valence-corrected chi connectivity index (χ4v) is 5.08. The molecule has 0 aromatic heterocycles. The molecule has 0 fully saturated rings. The number of hydrogen-bond acceptors (Lipinski definition) is 2. The van der Waals surface area contributed by atoms with Crippen LogP contribution in [-0.4, -0.2) is 10.2 Å². The highest BCUT2D eigenvalue weighted by molar-refractivity contribution is 5.52. The Balaban J connectivity index is 1.92. The molecule has 192 valence electrons. The quantitative estimate of drug-likeness (QED) is 0.403. The maximum atomic E-state index is 10.5. The topological polar surface area (TPSA) is 40.5 Å². The van der Waals surface area contributed by atoms with Gasteiger partial charge in [-0.2, -0.15) is 0 Å². The van der Waals surface area contributed by atoms with E-state index in [-0.39, 0.29) is 22.7 Å². The lowest BCUT2D eigenvalue weighted by Gasteiger charge is -2.23. The van der Waals surface area contributed by atoms with Crippen molar-refractivity contribution >= 4 is 12.2 Å². The third-order valence-electron chi connectivity index (χ3n) is 7.19. The lowest BCUT2D eigenvalue weighted by molar-refractivity contribution is 0.445. The first-order valence-electron chi connectivity index (χ1n) is 13.1. The summed E-state index contributed by atoms with van der Waals surface area (Å²) in [6.07, 6.45) is 4.58. The predicted octanol–water partition coefficient (Wildman–Crippen LogP) is 7.48. The average Bonchev–Trinajstić information content (AvgIpc) is 2.73. The van der Waals surface area contributed by atoms with Crippen molar-refractivity contribution in [1.29, 1.82) is 0 Å². The summed E-state index contributed by atoms with van der Waals surface area (Å²) in [5.41, 5.74) is 6.49.